The van der Waals surface area contributed by atoms with E-state index in [-0.39, 0.29) is 5.75 Å². The van der Waals surface area contributed by atoms with Crippen molar-refractivity contribution in [3.63, 3.8) is 0 Å². The van der Waals surface area contributed by atoms with E-state index in [0.29, 0.717) is 11.6 Å². The summed E-state index contributed by atoms with van der Waals surface area (Å²) in [4.78, 5) is 14.5. The molecule has 0 atom stereocenters. The number of hydrogen-bond donors (Lipinski definition) is 2. The number of nitrogens with zero attached hydrogens (tertiary/aromatic N) is 1. The van der Waals surface area contributed by atoms with Gasteiger partial charge in [-0.3, -0.25) is 0 Å². The van der Waals surface area contributed by atoms with Crippen LogP contribution in [0.3, 0.4) is 0 Å². The zero-order valence-corrected chi connectivity index (χ0v) is 11.7. The summed E-state index contributed by atoms with van der Waals surface area (Å²) in [6, 6.07) is 6.74. The Morgan fingerprint density at radius 1 is 1.24 bits per heavy atom. The van der Waals surface area contributed by atoms with Gasteiger partial charge in [-0.15, -0.1) is 0 Å². The minimum absolute atomic E-state index is 0.0740. The maximum Gasteiger partial charge on any atom is 0.328 e. The SMILES string of the molecule is Cc1cc(C=CC(=O)O)cc(C)c1Oc1ccc(O)cn1. The number of benzene rings is 1. The molecular weight excluding hydrogens is 270 g/mol. The third-order valence-electron chi connectivity index (χ3n) is 2.83. The quantitative estimate of drug-likeness (QED) is 0.842. The number of rotatable bonds is 4. The van der Waals surface area contributed by atoms with Crippen LogP contribution in [0.4, 0.5) is 0 Å². The van der Waals surface area contributed by atoms with Crippen LogP contribution in [-0.4, -0.2) is 21.2 Å². The highest BCUT2D eigenvalue weighted by Gasteiger charge is 2.08. The first-order valence-electron chi connectivity index (χ1n) is 6.31. The minimum atomic E-state index is -0.987. The van der Waals surface area contributed by atoms with Crippen LogP contribution in [0, 0.1) is 13.8 Å². The summed E-state index contributed by atoms with van der Waals surface area (Å²) in [6.07, 6.45) is 3.94. The summed E-state index contributed by atoms with van der Waals surface area (Å²) >= 11 is 0. The highest BCUT2D eigenvalue weighted by Crippen LogP contribution is 2.29. The van der Waals surface area contributed by atoms with Crippen LogP contribution >= 0.6 is 0 Å². The van der Waals surface area contributed by atoms with Crippen LogP contribution in [0.1, 0.15) is 16.7 Å². The second-order valence-corrected chi connectivity index (χ2v) is 4.61. The van der Waals surface area contributed by atoms with Crippen molar-refractivity contribution in [3.8, 4) is 17.4 Å². The van der Waals surface area contributed by atoms with Crippen molar-refractivity contribution in [1.82, 2.24) is 4.98 Å². The normalized spacial score (nSPS) is 10.8. The molecule has 0 unspecified atom stereocenters. The van der Waals surface area contributed by atoms with Crippen molar-refractivity contribution in [2.24, 2.45) is 0 Å². The number of carboxylic acids is 1. The van der Waals surface area contributed by atoms with E-state index >= 15 is 0 Å². The Balaban J connectivity index is 2.28. The highest BCUT2D eigenvalue weighted by molar-refractivity contribution is 5.85. The Bertz CT molecular complexity index is 667. The van der Waals surface area contributed by atoms with Gasteiger partial charge in [-0.25, -0.2) is 9.78 Å². The molecule has 0 aliphatic heterocycles. The van der Waals surface area contributed by atoms with Gasteiger partial charge in [0.15, 0.2) is 0 Å². The van der Waals surface area contributed by atoms with Crippen molar-refractivity contribution in [2.75, 3.05) is 0 Å². The lowest BCUT2D eigenvalue weighted by Crippen LogP contribution is -1.94. The van der Waals surface area contributed by atoms with E-state index in [4.69, 9.17) is 9.84 Å². The predicted molar refractivity (Wildman–Crippen MR) is 78.6 cm³/mol. The first kappa shape index (κ1) is 14.6. The molecule has 1 aromatic heterocycles. The molecule has 2 aromatic rings. The molecule has 0 fully saturated rings. The van der Waals surface area contributed by atoms with Crippen molar-refractivity contribution in [3.05, 3.63) is 53.2 Å². The highest BCUT2D eigenvalue weighted by atomic mass is 16.5. The van der Waals surface area contributed by atoms with E-state index in [1.807, 2.05) is 26.0 Å². The molecule has 0 amide bonds. The molecule has 0 bridgehead atoms. The average molecular weight is 285 g/mol. The van der Waals surface area contributed by atoms with Gasteiger partial charge < -0.3 is 14.9 Å². The van der Waals surface area contributed by atoms with Gasteiger partial charge in [-0.2, -0.15) is 0 Å². The molecule has 21 heavy (non-hydrogen) atoms. The van der Waals surface area contributed by atoms with Crippen molar-refractivity contribution in [1.29, 1.82) is 0 Å². The van der Waals surface area contributed by atoms with E-state index in [0.717, 1.165) is 22.8 Å². The van der Waals surface area contributed by atoms with Gasteiger partial charge in [-0.05, 0) is 54.8 Å². The fraction of sp³-hybridized carbons (Fsp3) is 0.125. The number of pyridine rings is 1. The van der Waals surface area contributed by atoms with Crippen LogP contribution in [0.25, 0.3) is 6.08 Å². The molecule has 0 aliphatic carbocycles. The fourth-order valence-electron chi connectivity index (χ4n) is 1.95. The lowest BCUT2D eigenvalue weighted by Gasteiger charge is -2.12. The molecule has 0 spiro atoms. The smallest absolute Gasteiger partial charge is 0.328 e. The number of aryl methyl sites for hydroxylation is 2. The number of aliphatic carboxylic acids is 1. The molecule has 2 N–H and O–H groups in total. The molecular formula is C16H15NO4. The second-order valence-electron chi connectivity index (χ2n) is 4.61. The third-order valence-corrected chi connectivity index (χ3v) is 2.83. The third kappa shape index (κ3) is 3.82. The van der Waals surface area contributed by atoms with Crippen molar-refractivity contribution in [2.45, 2.75) is 13.8 Å². The van der Waals surface area contributed by atoms with Crippen LogP contribution in [-0.2, 0) is 4.79 Å². The summed E-state index contributed by atoms with van der Waals surface area (Å²) in [7, 11) is 0. The Morgan fingerprint density at radius 2 is 1.90 bits per heavy atom. The van der Waals surface area contributed by atoms with Crippen LogP contribution < -0.4 is 4.74 Å². The van der Waals surface area contributed by atoms with E-state index in [2.05, 4.69) is 4.98 Å². The largest absolute Gasteiger partial charge is 0.506 e. The standard InChI is InChI=1S/C16H15NO4/c1-10-7-12(3-6-15(19)20)8-11(2)16(10)21-14-5-4-13(18)9-17-14/h3-9,18H,1-2H3,(H,19,20). The number of aromatic nitrogens is 1. The van der Waals surface area contributed by atoms with Gasteiger partial charge in [0, 0.05) is 12.1 Å². The van der Waals surface area contributed by atoms with Crippen LogP contribution in [0.15, 0.2) is 36.5 Å². The van der Waals surface area contributed by atoms with Gasteiger partial charge in [0.2, 0.25) is 5.88 Å². The van der Waals surface area contributed by atoms with Crippen molar-refractivity contribution < 1.29 is 19.7 Å². The molecule has 2 rings (SSSR count). The van der Waals surface area contributed by atoms with E-state index in [1.165, 1.54) is 18.3 Å². The molecule has 0 saturated heterocycles. The summed E-state index contributed by atoms with van der Waals surface area (Å²) in [5, 5.41) is 17.8. The topological polar surface area (TPSA) is 79.7 Å². The Kier molecular flexibility index (Phi) is 4.23. The second kappa shape index (κ2) is 6.09. The number of aromatic hydroxyl groups is 1. The Labute approximate surface area is 122 Å². The fourth-order valence-corrected chi connectivity index (χ4v) is 1.95. The zero-order chi connectivity index (χ0) is 15.4. The number of carbonyl (C=O) groups is 1. The van der Waals surface area contributed by atoms with E-state index in [1.54, 1.807) is 6.07 Å². The molecule has 0 aliphatic rings. The lowest BCUT2D eigenvalue weighted by atomic mass is 10.1. The van der Waals surface area contributed by atoms with Gasteiger partial charge in [0.1, 0.15) is 11.5 Å². The molecule has 0 saturated carbocycles. The average Bonchev–Trinajstić information content (AvgIpc) is 2.42. The lowest BCUT2D eigenvalue weighted by molar-refractivity contribution is -0.131. The van der Waals surface area contributed by atoms with Crippen LogP contribution in [0.2, 0.25) is 0 Å². The summed E-state index contributed by atoms with van der Waals surface area (Å²) in [6.45, 7) is 3.75. The molecule has 0 radical (unpaired) electrons. The van der Waals surface area contributed by atoms with E-state index in [9.17, 15) is 9.90 Å². The number of hydrogen-bond acceptors (Lipinski definition) is 4. The van der Waals surface area contributed by atoms with Gasteiger partial charge in [-0.1, -0.05) is 0 Å². The molecule has 108 valence electrons. The first-order chi connectivity index (χ1) is 9.95. The van der Waals surface area contributed by atoms with E-state index < -0.39 is 5.97 Å². The predicted octanol–water partition coefficient (Wildman–Crippen LogP) is 3.29. The minimum Gasteiger partial charge on any atom is -0.506 e. The summed E-state index contributed by atoms with van der Waals surface area (Å²) < 4.78 is 5.71. The van der Waals surface area contributed by atoms with Gasteiger partial charge in [0.05, 0.1) is 6.20 Å². The summed E-state index contributed by atoms with van der Waals surface area (Å²) in [5.41, 5.74) is 2.53. The maximum atomic E-state index is 10.5. The van der Waals surface area contributed by atoms with Gasteiger partial charge in [0.25, 0.3) is 0 Å². The molecule has 5 heteroatoms. The van der Waals surface area contributed by atoms with Crippen LogP contribution in [0.5, 0.6) is 17.4 Å². The monoisotopic (exact) mass is 285 g/mol. The molecule has 1 heterocycles. The van der Waals surface area contributed by atoms with Gasteiger partial charge >= 0.3 is 5.97 Å². The first-order valence-corrected chi connectivity index (χ1v) is 6.31. The van der Waals surface area contributed by atoms with Crippen molar-refractivity contribution >= 4 is 12.0 Å². The summed E-state index contributed by atoms with van der Waals surface area (Å²) in [5.74, 6) is 0.136. The molecule has 1 aromatic carbocycles. The number of carboxylic acid groups (broad SMARTS) is 1. The number of ether oxygens (including phenoxy) is 1. The zero-order valence-electron chi connectivity index (χ0n) is 11.7. The Morgan fingerprint density at radius 3 is 2.43 bits per heavy atom. The Hall–Kier alpha value is -2.82. The molecule has 5 nitrogen and oxygen atoms in total. The maximum absolute atomic E-state index is 10.5.